The summed E-state index contributed by atoms with van der Waals surface area (Å²) < 4.78 is 0. The molecule has 1 aliphatic carbocycles. The number of aliphatic hydroxyl groups is 1. The van der Waals surface area contributed by atoms with E-state index in [0.29, 0.717) is 11.3 Å². The molecule has 1 atom stereocenters. The van der Waals surface area contributed by atoms with Crippen molar-refractivity contribution in [3.63, 3.8) is 0 Å². The minimum Gasteiger partial charge on any atom is -0.369 e. The predicted molar refractivity (Wildman–Crippen MR) is 114 cm³/mol. The molecular formula is C24H23ClN2O2. The molecule has 5 heteroatoms. The van der Waals surface area contributed by atoms with Gasteiger partial charge in [0.05, 0.1) is 10.6 Å². The van der Waals surface area contributed by atoms with Gasteiger partial charge in [0, 0.05) is 17.2 Å². The first-order valence-electron chi connectivity index (χ1n) is 9.75. The number of amides is 1. The van der Waals surface area contributed by atoms with Crippen molar-refractivity contribution < 1.29 is 9.90 Å². The lowest BCUT2D eigenvalue weighted by Gasteiger charge is -2.33. The summed E-state index contributed by atoms with van der Waals surface area (Å²) in [7, 11) is 0. The van der Waals surface area contributed by atoms with Crippen molar-refractivity contribution in [1.82, 2.24) is 0 Å². The van der Waals surface area contributed by atoms with E-state index in [1.165, 1.54) is 12.1 Å². The standard InChI is InChI=1S/C24H23ClN2O2/c1-17-7-9-18(10-8-17)13-14-24(29,20-5-3-2-4-6-20)23(28)27-21-12-11-19(16-26)22(25)15-21/h7-12,15,20,29H,2-6H2,1H3,(H,27,28). The molecule has 2 aromatic carbocycles. The van der Waals surface area contributed by atoms with Gasteiger partial charge in [-0.05, 0) is 50.1 Å². The van der Waals surface area contributed by atoms with Crippen LogP contribution in [-0.4, -0.2) is 16.6 Å². The van der Waals surface area contributed by atoms with Crippen LogP contribution in [0.2, 0.25) is 5.02 Å². The number of benzene rings is 2. The molecule has 1 saturated carbocycles. The summed E-state index contributed by atoms with van der Waals surface area (Å²) in [6.45, 7) is 1.99. The van der Waals surface area contributed by atoms with Gasteiger partial charge in [-0.1, -0.05) is 60.4 Å². The van der Waals surface area contributed by atoms with Crippen molar-refractivity contribution >= 4 is 23.2 Å². The van der Waals surface area contributed by atoms with Crippen molar-refractivity contribution in [2.45, 2.75) is 44.6 Å². The number of hydrogen-bond acceptors (Lipinski definition) is 3. The fourth-order valence-electron chi connectivity index (χ4n) is 3.58. The van der Waals surface area contributed by atoms with Crippen LogP contribution in [0.5, 0.6) is 0 Å². The summed E-state index contributed by atoms with van der Waals surface area (Å²) in [6.07, 6.45) is 4.54. The number of anilines is 1. The summed E-state index contributed by atoms with van der Waals surface area (Å²) in [4.78, 5) is 13.1. The van der Waals surface area contributed by atoms with E-state index in [-0.39, 0.29) is 10.9 Å². The zero-order valence-electron chi connectivity index (χ0n) is 16.3. The molecule has 0 saturated heterocycles. The van der Waals surface area contributed by atoms with Crippen LogP contribution in [0.15, 0.2) is 42.5 Å². The van der Waals surface area contributed by atoms with E-state index >= 15 is 0 Å². The average molecular weight is 407 g/mol. The Bertz CT molecular complexity index is 992. The summed E-state index contributed by atoms with van der Waals surface area (Å²) in [5, 5.41) is 23.4. The molecule has 1 amide bonds. The molecule has 1 fully saturated rings. The lowest BCUT2D eigenvalue weighted by Crippen LogP contribution is -2.48. The highest BCUT2D eigenvalue weighted by atomic mass is 35.5. The summed E-state index contributed by atoms with van der Waals surface area (Å²) in [6, 6.07) is 14.3. The number of nitrogens with zero attached hydrogens (tertiary/aromatic N) is 1. The molecule has 0 spiro atoms. The van der Waals surface area contributed by atoms with Crippen LogP contribution in [0.25, 0.3) is 0 Å². The van der Waals surface area contributed by atoms with Crippen molar-refractivity contribution in [3.05, 3.63) is 64.2 Å². The van der Waals surface area contributed by atoms with Gasteiger partial charge in [0.1, 0.15) is 6.07 Å². The minimum atomic E-state index is -1.80. The predicted octanol–water partition coefficient (Wildman–Crippen LogP) is 4.82. The minimum absolute atomic E-state index is 0.233. The lowest BCUT2D eigenvalue weighted by atomic mass is 9.76. The van der Waals surface area contributed by atoms with Crippen LogP contribution in [0.1, 0.15) is 48.8 Å². The van der Waals surface area contributed by atoms with Gasteiger partial charge in [-0.2, -0.15) is 5.26 Å². The van der Waals surface area contributed by atoms with Crippen molar-refractivity contribution in [2.24, 2.45) is 5.92 Å². The third-order valence-electron chi connectivity index (χ3n) is 5.34. The zero-order chi connectivity index (χ0) is 20.9. The second-order valence-corrected chi connectivity index (χ2v) is 7.89. The van der Waals surface area contributed by atoms with E-state index in [4.69, 9.17) is 16.9 Å². The normalized spacial score (nSPS) is 16.1. The first-order valence-corrected chi connectivity index (χ1v) is 10.1. The first-order chi connectivity index (χ1) is 13.9. The smallest absolute Gasteiger partial charge is 0.269 e. The number of rotatable bonds is 3. The molecule has 3 rings (SSSR count). The Labute approximate surface area is 176 Å². The van der Waals surface area contributed by atoms with Gasteiger partial charge < -0.3 is 10.4 Å². The van der Waals surface area contributed by atoms with Crippen LogP contribution in [0.4, 0.5) is 5.69 Å². The van der Waals surface area contributed by atoms with Crippen LogP contribution >= 0.6 is 11.6 Å². The molecule has 0 radical (unpaired) electrons. The molecule has 1 aliphatic rings. The fraction of sp³-hybridized carbons (Fsp3) is 0.333. The van der Waals surface area contributed by atoms with Crippen LogP contribution in [0.3, 0.4) is 0 Å². The van der Waals surface area contributed by atoms with E-state index in [1.807, 2.05) is 37.3 Å². The van der Waals surface area contributed by atoms with Crippen LogP contribution in [-0.2, 0) is 4.79 Å². The van der Waals surface area contributed by atoms with Gasteiger partial charge in [0.15, 0.2) is 0 Å². The molecule has 0 bridgehead atoms. The molecule has 0 aliphatic heterocycles. The third-order valence-corrected chi connectivity index (χ3v) is 5.65. The zero-order valence-corrected chi connectivity index (χ0v) is 17.1. The second kappa shape index (κ2) is 9.14. The molecule has 0 heterocycles. The molecule has 2 aromatic rings. The van der Waals surface area contributed by atoms with E-state index in [2.05, 4.69) is 17.2 Å². The topological polar surface area (TPSA) is 73.1 Å². The summed E-state index contributed by atoms with van der Waals surface area (Å²) >= 11 is 6.07. The molecule has 0 aromatic heterocycles. The lowest BCUT2D eigenvalue weighted by molar-refractivity contribution is -0.134. The van der Waals surface area contributed by atoms with Gasteiger partial charge in [-0.25, -0.2) is 0 Å². The fourth-order valence-corrected chi connectivity index (χ4v) is 3.80. The Morgan fingerprint density at radius 3 is 2.48 bits per heavy atom. The molecule has 4 nitrogen and oxygen atoms in total. The highest BCUT2D eigenvalue weighted by molar-refractivity contribution is 6.32. The van der Waals surface area contributed by atoms with Gasteiger partial charge in [-0.3, -0.25) is 4.79 Å². The van der Waals surface area contributed by atoms with Crippen molar-refractivity contribution in [1.29, 1.82) is 5.26 Å². The Hall–Kier alpha value is -2.79. The van der Waals surface area contributed by atoms with E-state index in [9.17, 15) is 9.90 Å². The largest absolute Gasteiger partial charge is 0.369 e. The van der Waals surface area contributed by atoms with Crippen molar-refractivity contribution in [3.8, 4) is 17.9 Å². The maximum atomic E-state index is 13.1. The number of carbonyl (C=O) groups excluding carboxylic acids is 1. The van der Waals surface area contributed by atoms with Crippen molar-refractivity contribution in [2.75, 3.05) is 5.32 Å². The summed E-state index contributed by atoms with van der Waals surface area (Å²) in [5.41, 5.74) is 0.815. The monoisotopic (exact) mass is 406 g/mol. The first kappa shape index (κ1) is 20.9. The Morgan fingerprint density at radius 2 is 1.86 bits per heavy atom. The van der Waals surface area contributed by atoms with E-state index in [0.717, 1.165) is 43.2 Å². The highest BCUT2D eigenvalue weighted by Gasteiger charge is 2.43. The maximum Gasteiger partial charge on any atom is 0.269 e. The number of nitrogens with one attached hydrogen (secondary N) is 1. The molecule has 2 N–H and O–H groups in total. The van der Waals surface area contributed by atoms with Crippen LogP contribution < -0.4 is 5.32 Å². The maximum absolute atomic E-state index is 13.1. The number of hydrogen-bond donors (Lipinski definition) is 2. The average Bonchev–Trinajstić information content (AvgIpc) is 2.74. The molecule has 29 heavy (non-hydrogen) atoms. The van der Waals surface area contributed by atoms with Gasteiger partial charge in [0.2, 0.25) is 5.60 Å². The Balaban J connectivity index is 1.90. The number of halogens is 1. The SMILES string of the molecule is Cc1ccc(C#CC(O)(C(=O)Nc2ccc(C#N)c(Cl)c2)C2CCCCC2)cc1. The third kappa shape index (κ3) is 4.98. The van der Waals surface area contributed by atoms with Gasteiger partial charge in [-0.15, -0.1) is 0 Å². The molecule has 148 valence electrons. The van der Waals surface area contributed by atoms with Gasteiger partial charge >= 0.3 is 0 Å². The second-order valence-electron chi connectivity index (χ2n) is 7.48. The number of carbonyl (C=O) groups is 1. The summed E-state index contributed by atoms with van der Waals surface area (Å²) in [5.74, 6) is 5.04. The molecule has 1 unspecified atom stereocenters. The highest BCUT2D eigenvalue weighted by Crippen LogP contribution is 2.34. The molecular weight excluding hydrogens is 384 g/mol. The van der Waals surface area contributed by atoms with Crippen LogP contribution in [0, 0.1) is 36.0 Å². The van der Waals surface area contributed by atoms with E-state index in [1.54, 1.807) is 6.07 Å². The Morgan fingerprint density at radius 1 is 1.17 bits per heavy atom. The number of aryl methyl sites for hydroxylation is 1. The van der Waals surface area contributed by atoms with E-state index < -0.39 is 11.5 Å². The quantitative estimate of drug-likeness (QED) is 0.717. The van der Waals surface area contributed by atoms with Gasteiger partial charge in [0.25, 0.3) is 5.91 Å². The Kier molecular flexibility index (Phi) is 6.60. The number of nitriles is 1.